The lowest BCUT2D eigenvalue weighted by Crippen LogP contribution is -2.06. The van der Waals surface area contributed by atoms with E-state index in [0.29, 0.717) is 26.1 Å². The number of esters is 1. The number of benzene rings is 3. The Morgan fingerprint density at radius 2 is 1.77 bits per heavy atom. The van der Waals surface area contributed by atoms with Gasteiger partial charge in [-0.3, -0.25) is 4.79 Å². The molecule has 0 aliphatic carbocycles. The summed E-state index contributed by atoms with van der Waals surface area (Å²) in [6.07, 6.45) is 1.06. The van der Waals surface area contributed by atoms with E-state index < -0.39 is 11.8 Å². The zero-order valence-electron chi connectivity index (χ0n) is 16.6. The highest BCUT2D eigenvalue weighted by atomic mass is 32.1. The van der Waals surface area contributed by atoms with Gasteiger partial charge in [-0.05, 0) is 36.8 Å². The Balaban J connectivity index is 1.86. The molecule has 4 nitrogen and oxygen atoms in total. The number of carbonyl (C=O) groups is 2. The van der Waals surface area contributed by atoms with Gasteiger partial charge in [0.05, 0.1) is 0 Å². The number of thiophene rings is 1. The molecule has 3 aromatic carbocycles. The third-order valence-electron chi connectivity index (χ3n) is 4.61. The molecule has 0 amide bonds. The minimum atomic E-state index is -0.628. The van der Waals surface area contributed by atoms with Crippen molar-refractivity contribution in [3.8, 4) is 17.2 Å². The van der Waals surface area contributed by atoms with E-state index in [2.05, 4.69) is 6.58 Å². The van der Waals surface area contributed by atoms with Gasteiger partial charge in [-0.25, -0.2) is 9.18 Å². The molecule has 0 saturated carbocycles. The number of para-hydroxylation sites is 1. The van der Waals surface area contributed by atoms with Crippen molar-refractivity contribution in [1.29, 1.82) is 0 Å². The van der Waals surface area contributed by atoms with Gasteiger partial charge < -0.3 is 9.47 Å². The fourth-order valence-electron chi connectivity index (χ4n) is 3.11. The summed E-state index contributed by atoms with van der Waals surface area (Å²) in [5.41, 5.74) is 1.16. The summed E-state index contributed by atoms with van der Waals surface area (Å²) >= 11 is 1.15. The SMILES string of the molecule is C=CC(=O)Oc1c(C)cccc1Oc1c(C(=O)c2ccccc2)sc2cc(F)ccc12. The minimum absolute atomic E-state index is 0.229. The van der Waals surface area contributed by atoms with E-state index in [-0.39, 0.29) is 23.0 Å². The summed E-state index contributed by atoms with van der Waals surface area (Å²) in [7, 11) is 0. The highest BCUT2D eigenvalue weighted by Gasteiger charge is 2.24. The Labute approximate surface area is 182 Å². The molecule has 4 rings (SSSR count). The number of ketones is 1. The summed E-state index contributed by atoms with van der Waals surface area (Å²) in [5, 5.41) is 0.591. The van der Waals surface area contributed by atoms with Crippen molar-refractivity contribution in [2.45, 2.75) is 6.92 Å². The molecule has 0 fully saturated rings. The van der Waals surface area contributed by atoms with Crippen LogP contribution in [0.25, 0.3) is 10.1 Å². The van der Waals surface area contributed by atoms with E-state index in [1.54, 1.807) is 55.5 Å². The molecule has 154 valence electrons. The molecule has 31 heavy (non-hydrogen) atoms. The predicted octanol–water partition coefficient (Wildman–Crippen LogP) is 6.46. The molecular formula is C25H17FO4S. The Bertz CT molecular complexity index is 1310. The lowest BCUT2D eigenvalue weighted by molar-refractivity contribution is -0.129. The van der Waals surface area contributed by atoms with Gasteiger partial charge in [0.2, 0.25) is 5.78 Å². The number of fused-ring (bicyclic) bond motifs is 1. The second-order valence-electron chi connectivity index (χ2n) is 6.73. The predicted molar refractivity (Wildman–Crippen MR) is 119 cm³/mol. The first-order chi connectivity index (χ1) is 15.0. The van der Waals surface area contributed by atoms with Gasteiger partial charge >= 0.3 is 5.97 Å². The van der Waals surface area contributed by atoms with Crippen LogP contribution in [0, 0.1) is 12.7 Å². The quantitative estimate of drug-likeness (QED) is 0.152. The maximum atomic E-state index is 13.8. The topological polar surface area (TPSA) is 52.6 Å². The van der Waals surface area contributed by atoms with Crippen LogP contribution in [0.1, 0.15) is 20.8 Å². The number of aryl methyl sites for hydroxylation is 1. The van der Waals surface area contributed by atoms with Gasteiger partial charge in [-0.2, -0.15) is 0 Å². The molecule has 4 aromatic rings. The maximum Gasteiger partial charge on any atom is 0.335 e. The van der Waals surface area contributed by atoms with Gasteiger partial charge in [0.1, 0.15) is 10.7 Å². The average molecular weight is 432 g/mol. The third kappa shape index (κ3) is 4.11. The molecule has 0 unspecified atom stereocenters. The molecule has 1 aromatic heterocycles. The maximum absolute atomic E-state index is 13.8. The molecular weight excluding hydrogens is 415 g/mol. The van der Waals surface area contributed by atoms with E-state index >= 15 is 0 Å². The van der Waals surface area contributed by atoms with Gasteiger partial charge in [-0.1, -0.05) is 49.0 Å². The van der Waals surface area contributed by atoms with E-state index in [1.807, 2.05) is 6.07 Å². The number of ether oxygens (including phenoxy) is 2. The normalized spacial score (nSPS) is 10.6. The monoisotopic (exact) mass is 432 g/mol. The van der Waals surface area contributed by atoms with E-state index in [4.69, 9.17) is 9.47 Å². The largest absolute Gasteiger partial charge is 0.451 e. The van der Waals surface area contributed by atoms with E-state index in [9.17, 15) is 14.0 Å². The zero-order valence-corrected chi connectivity index (χ0v) is 17.4. The Morgan fingerprint density at radius 1 is 1.00 bits per heavy atom. The minimum Gasteiger partial charge on any atom is -0.451 e. The summed E-state index contributed by atoms with van der Waals surface area (Å²) < 4.78 is 25.9. The van der Waals surface area contributed by atoms with E-state index in [1.165, 1.54) is 12.1 Å². The molecule has 0 N–H and O–H groups in total. The van der Waals surface area contributed by atoms with E-state index in [0.717, 1.165) is 17.4 Å². The fraction of sp³-hybridized carbons (Fsp3) is 0.0400. The van der Waals surface area contributed by atoms with Crippen LogP contribution in [0.3, 0.4) is 0 Å². The molecule has 0 atom stereocenters. The third-order valence-corrected chi connectivity index (χ3v) is 5.74. The van der Waals surface area contributed by atoms with Crippen LogP contribution in [0.15, 0.2) is 79.4 Å². The Morgan fingerprint density at radius 3 is 2.52 bits per heavy atom. The number of hydrogen-bond donors (Lipinski definition) is 0. The first kappa shape index (κ1) is 20.5. The average Bonchev–Trinajstić information content (AvgIpc) is 3.13. The van der Waals surface area contributed by atoms with Crippen molar-refractivity contribution in [2.75, 3.05) is 0 Å². The molecule has 0 saturated heterocycles. The number of halogens is 1. The molecule has 0 spiro atoms. The van der Waals surface area contributed by atoms with Crippen LogP contribution in [0.4, 0.5) is 4.39 Å². The number of rotatable bonds is 6. The van der Waals surface area contributed by atoms with Crippen LogP contribution in [0.2, 0.25) is 0 Å². The first-order valence-electron chi connectivity index (χ1n) is 9.41. The number of carbonyl (C=O) groups excluding carboxylic acids is 2. The second-order valence-corrected chi connectivity index (χ2v) is 7.78. The summed E-state index contributed by atoms with van der Waals surface area (Å²) in [6, 6.07) is 18.2. The lowest BCUT2D eigenvalue weighted by atomic mass is 10.1. The summed E-state index contributed by atoms with van der Waals surface area (Å²) in [5.74, 6) is -0.495. The molecule has 0 aliphatic heterocycles. The Hall–Kier alpha value is -3.77. The molecule has 1 heterocycles. The van der Waals surface area contributed by atoms with Crippen molar-refractivity contribution in [1.82, 2.24) is 0 Å². The van der Waals surface area contributed by atoms with Crippen molar-refractivity contribution in [3.05, 3.63) is 101 Å². The molecule has 0 radical (unpaired) electrons. The van der Waals surface area contributed by atoms with Crippen LogP contribution < -0.4 is 9.47 Å². The van der Waals surface area contributed by atoms with Crippen molar-refractivity contribution < 1.29 is 23.5 Å². The molecule has 6 heteroatoms. The van der Waals surface area contributed by atoms with Crippen molar-refractivity contribution in [2.24, 2.45) is 0 Å². The summed E-state index contributed by atoms with van der Waals surface area (Å²) in [4.78, 5) is 25.4. The zero-order chi connectivity index (χ0) is 22.0. The molecule has 0 bridgehead atoms. The Kier molecular flexibility index (Phi) is 5.64. The van der Waals surface area contributed by atoms with Gasteiger partial charge in [0.15, 0.2) is 17.2 Å². The van der Waals surface area contributed by atoms with Gasteiger partial charge in [0, 0.05) is 21.7 Å². The highest BCUT2D eigenvalue weighted by Crippen LogP contribution is 2.44. The first-order valence-corrected chi connectivity index (χ1v) is 10.2. The standard InChI is InChI=1S/C25H17FO4S/c1-3-21(27)30-23-15(2)8-7-11-19(23)29-24-18-13-12-17(26)14-20(18)31-25(24)22(28)16-9-5-4-6-10-16/h3-14H,1H2,2H3. The lowest BCUT2D eigenvalue weighted by Gasteiger charge is -2.13. The van der Waals surface area contributed by atoms with Crippen molar-refractivity contribution in [3.63, 3.8) is 0 Å². The molecule has 0 aliphatic rings. The summed E-state index contributed by atoms with van der Waals surface area (Å²) in [6.45, 7) is 5.19. The van der Waals surface area contributed by atoms with Gasteiger partial charge in [0.25, 0.3) is 0 Å². The number of hydrogen-bond acceptors (Lipinski definition) is 5. The van der Waals surface area contributed by atoms with Crippen LogP contribution in [-0.2, 0) is 4.79 Å². The van der Waals surface area contributed by atoms with Crippen LogP contribution >= 0.6 is 11.3 Å². The van der Waals surface area contributed by atoms with Crippen LogP contribution in [-0.4, -0.2) is 11.8 Å². The van der Waals surface area contributed by atoms with Crippen molar-refractivity contribution >= 4 is 33.2 Å². The van der Waals surface area contributed by atoms with Gasteiger partial charge in [-0.15, -0.1) is 11.3 Å². The highest BCUT2D eigenvalue weighted by molar-refractivity contribution is 7.21. The van der Waals surface area contributed by atoms with Crippen LogP contribution in [0.5, 0.6) is 17.2 Å². The fourth-order valence-corrected chi connectivity index (χ4v) is 4.22. The smallest absolute Gasteiger partial charge is 0.335 e. The second kappa shape index (κ2) is 8.53.